The van der Waals surface area contributed by atoms with Gasteiger partial charge in [0.25, 0.3) is 0 Å². The Labute approximate surface area is 480 Å². The third-order valence-corrected chi connectivity index (χ3v) is 15.5. The Balaban J connectivity index is 4.65. The van der Waals surface area contributed by atoms with Crippen LogP contribution in [0.4, 0.5) is 0 Å². The van der Waals surface area contributed by atoms with Crippen molar-refractivity contribution in [1.82, 2.24) is 0 Å². The minimum absolute atomic E-state index is 0.161. The minimum Gasteiger partial charge on any atom is -0.462 e. The number of unbranched alkanes of at least 4 members (excludes halogenated alkanes) is 39. The molecule has 0 aliphatic carbocycles. The number of rotatable bonds is 62. The van der Waals surface area contributed by atoms with Crippen molar-refractivity contribution in [1.29, 1.82) is 0 Å². The molecule has 2 N–H and O–H groups in total. The van der Waals surface area contributed by atoms with E-state index in [4.69, 9.17) is 23.3 Å². The average Bonchev–Trinajstić information content (AvgIpc) is 3.43. The Morgan fingerprint density at radius 3 is 1.03 bits per heavy atom. The zero-order chi connectivity index (χ0) is 56.9. The van der Waals surface area contributed by atoms with Gasteiger partial charge in [-0.15, -0.1) is 0 Å². The summed E-state index contributed by atoms with van der Waals surface area (Å²) in [5.41, 5.74) is 0. The van der Waals surface area contributed by atoms with E-state index in [1.54, 1.807) is 0 Å². The highest BCUT2D eigenvalue weighted by molar-refractivity contribution is 7.47. The molecule has 458 valence electrons. The standard InChI is InChI=1S/C66H123O11P/c1-4-7-10-13-16-19-22-25-28-31-34-37-40-43-46-49-52-55-64(68)73-59-63(77-66(70)57-54-51-48-45-42-39-36-33-30-27-24-21-18-15-12-9-6-3)61-75-78(71,72)74-60-62(58-67)76-65(69)56-53-50-47-44-41-38-35-32-29-26-23-20-17-14-11-8-5-2/h9,12,18,21,27,30,62-63,67H,4-8,10-11,13-17,19-20,22-26,28-29,31-61H2,1-3H3,(H,71,72)/b12-9-,21-18-,30-27-. The van der Waals surface area contributed by atoms with Gasteiger partial charge in [0.05, 0.1) is 19.8 Å². The molecule has 0 aliphatic rings. The van der Waals surface area contributed by atoms with Crippen LogP contribution in [-0.4, -0.2) is 66.5 Å². The quantitative estimate of drug-likeness (QED) is 0.0197. The van der Waals surface area contributed by atoms with Gasteiger partial charge in [-0.2, -0.15) is 0 Å². The first kappa shape index (κ1) is 75.7. The lowest BCUT2D eigenvalue weighted by molar-refractivity contribution is -0.161. The van der Waals surface area contributed by atoms with E-state index in [0.717, 1.165) is 89.9 Å². The molecule has 0 rings (SSSR count). The van der Waals surface area contributed by atoms with Gasteiger partial charge >= 0.3 is 25.7 Å². The number of ether oxygens (including phenoxy) is 3. The summed E-state index contributed by atoms with van der Waals surface area (Å²) in [4.78, 5) is 48.8. The number of aliphatic hydroxyl groups is 1. The van der Waals surface area contributed by atoms with Gasteiger partial charge in [0, 0.05) is 19.3 Å². The Bertz CT molecular complexity index is 1450. The number of esters is 3. The molecule has 0 heterocycles. The summed E-state index contributed by atoms with van der Waals surface area (Å²) in [6, 6.07) is 0. The molecule has 0 saturated heterocycles. The monoisotopic (exact) mass is 1120 g/mol. The summed E-state index contributed by atoms with van der Waals surface area (Å²) in [7, 11) is -4.75. The van der Waals surface area contributed by atoms with Crippen LogP contribution in [-0.2, 0) is 42.2 Å². The second kappa shape index (κ2) is 60.8. The van der Waals surface area contributed by atoms with Crippen LogP contribution in [0.15, 0.2) is 36.5 Å². The minimum atomic E-state index is -4.75. The molecule has 3 unspecified atom stereocenters. The van der Waals surface area contributed by atoms with E-state index in [1.165, 1.54) is 180 Å². The Hall–Kier alpha value is -2.30. The summed E-state index contributed by atoms with van der Waals surface area (Å²) in [6.45, 7) is 4.61. The van der Waals surface area contributed by atoms with Crippen molar-refractivity contribution in [3.63, 3.8) is 0 Å². The van der Waals surface area contributed by atoms with E-state index in [2.05, 4.69) is 57.2 Å². The van der Waals surface area contributed by atoms with Crippen molar-refractivity contribution >= 4 is 25.7 Å². The molecule has 12 heteroatoms. The summed E-state index contributed by atoms with van der Waals surface area (Å²) < 4.78 is 39.7. The SMILES string of the molecule is CC/C=C\C/C=C\C/C=C\CCCCCCCCCC(=O)OC(COC(=O)CCCCCCCCCCCCCCCCCCC)COP(=O)(O)OCC(CO)OC(=O)CCCCCCCCCCCCCCCCCCC. The lowest BCUT2D eigenvalue weighted by atomic mass is 10.0. The van der Waals surface area contributed by atoms with Gasteiger partial charge in [0.15, 0.2) is 6.10 Å². The van der Waals surface area contributed by atoms with E-state index in [9.17, 15) is 28.9 Å². The highest BCUT2D eigenvalue weighted by atomic mass is 31.2. The Morgan fingerprint density at radius 2 is 0.667 bits per heavy atom. The number of aliphatic hydroxyl groups excluding tert-OH is 1. The molecule has 0 spiro atoms. The third kappa shape index (κ3) is 58.4. The zero-order valence-corrected chi connectivity index (χ0v) is 51.8. The smallest absolute Gasteiger partial charge is 0.462 e. The first-order valence-electron chi connectivity index (χ1n) is 32.9. The highest BCUT2D eigenvalue weighted by Gasteiger charge is 2.28. The molecule has 0 aliphatic heterocycles. The van der Waals surface area contributed by atoms with E-state index in [0.29, 0.717) is 19.3 Å². The van der Waals surface area contributed by atoms with Crippen molar-refractivity contribution in [2.24, 2.45) is 0 Å². The van der Waals surface area contributed by atoms with Gasteiger partial charge in [-0.1, -0.05) is 295 Å². The molecule has 78 heavy (non-hydrogen) atoms. The number of hydrogen-bond donors (Lipinski definition) is 2. The van der Waals surface area contributed by atoms with E-state index < -0.39 is 57.8 Å². The van der Waals surface area contributed by atoms with Crippen LogP contribution < -0.4 is 0 Å². The molecular formula is C66H123O11P. The highest BCUT2D eigenvalue weighted by Crippen LogP contribution is 2.43. The molecule has 3 atom stereocenters. The topological polar surface area (TPSA) is 155 Å². The van der Waals surface area contributed by atoms with Crippen molar-refractivity contribution in [2.45, 2.75) is 341 Å². The van der Waals surface area contributed by atoms with Crippen molar-refractivity contribution in [3.05, 3.63) is 36.5 Å². The molecule has 0 saturated carbocycles. The van der Waals surface area contributed by atoms with Crippen LogP contribution in [0.5, 0.6) is 0 Å². The maximum absolute atomic E-state index is 13.0. The van der Waals surface area contributed by atoms with Crippen LogP contribution in [0.3, 0.4) is 0 Å². The van der Waals surface area contributed by atoms with Crippen molar-refractivity contribution in [2.75, 3.05) is 26.4 Å². The fourth-order valence-electron chi connectivity index (χ4n) is 9.61. The maximum Gasteiger partial charge on any atom is 0.472 e. The summed E-state index contributed by atoms with van der Waals surface area (Å²) in [5.74, 6) is -1.45. The first-order chi connectivity index (χ1) is 38.2. The molecule has 0 aromatic rings. The largest absolute Gasteiger partial charge is 0.472 e. The van der Waals surface area contributed by atoms with Crippen molar-refractivity contribution in [3.8, 4) is 0 Å². The number of allylic oxidation sites excluding steroid dienone is 6. The molecule has 0 radical (unpaired) electrons. The number of carbonyl (C=O) groups is 3. The normalized spacial score (nSPS) is 13.4. The van der Waals surface area contributed by atoms with E-state index >= 15 is 0 Å². The van der Waals surface area contributed by atoms with E-state index in [1.807, 2.05) is 0 Å². The zero-order valence-electron chi connectivity index (χ0n) is 50.9. The number of carbonyl (C=O) groups excluding carboxylic acids is 3. The molecule has 0 amide bonds. The van der Waals surface area contributed by atoms with Crippen LogP contribution in [0.25, 0.3) is 0 Å². The van der Waals surface area contributed by atoms with Gasteiger partial charge in [0.2, 0.25) is 0 Å². The molecule has 0 aromatic heterocycles. The van der Waals surface area contributed by atoms with E-state index in [-0.39, 0.29) is 25.9 Å². The van der Waals surface area contributed by atoms with Gasteiger partial charge in [-0.3, -0.25) is 23.4 Å². The lowest BCUT2D eigenvalue weighted by Crippen LogP contribution is -2.30. The van der Waals surface area contributed by atoms with Gasteiger partial charge in [0.1, 0.15) is 12.7 Å². The Kier molecular flexibility index (Phi) is 59.0. The average molecular weight is 1120 g/mol. The summed E-state index contributed by atoms with van der Waals surface area (Å²) in [6.07, 6.45) is 65.2. The summed E-state index contributed by atoms with van der Waals surface area (Å²) >= 11 is 0. The predicted molar refractivity (Wildman–Crippen MR) is 326 cm³/mol. The first-order valence-corrected chi connectivity index (χ1v) is 34.4. The Morgan fingerprint density at radius 1 is 0.372 bits per heavy atom. The van der Waals surface area contributed by atoms with Gasteiger partial charge in [-0.05, 0) is 51.4 Å². The molecule has 0 bridgehead atoms. The van der Waals surface area contributed by atoms with Crippen LogP contribution >= 0.6 is 7.82 Å². The fourth-order valence-corrected chi connectivity index (χ4v) is 10.4. The lowest BCUT2D eigenvalue weighted by Gasteiger charge is -2.21. The third-order valence-electron chi connectivity index (χ3n) is 14.6. The molecule has 0 fully saturated rings. The van der Waals surface area contributed by atoms with Crippen LogP contribution in [0, 0.1) is 0 Å². The van der Waals surface area contributed by atoms with Crippen LogP contribution in [0.2, 0.25) is 0 Å². The fraction of sp³-hybridized carbons (Fsp3) is 0.864. The second-order valence-electron chi connectivity index (χ2n) is 22.3. The van der Waals surface area contributed by atoms with Gasteiger partial charge in [-0.25, -0.2) is 4.57 Å². The number of hydrogen-bond acceptors (Lipinski definition) is 10. The second-order valence-corrected chi connectivity index (χ2v) is 23.7. The number of phosphoric ester groups is 1. The predicted octanol–water partition coefficient (Wildman–Crippen LogP) is 19.9. The summed E-state index contributed by atoms with van der Waals surface area (Å²) in [5, 5.41) is 9.86. The van der Waals surface area contributed by atoms with Gasteiger partial charge < -0.3 is 24.2 Å². The maximum atomic E-state index is 13.0. The van der Waals surface area contributed by atoms with Crippen LogP contribution in [0.1, 0.15) is 329 Å². The molecule has 0 aromatic carbocycles. The number of phosphoric acid groups is 1. The van der Waals surface area contributed by atoms with Crippen molar-refractivity contribution < 1.29 is 52.2 Å². The molecular weight excluding hydrogens is 1000 g/mol. The molecule has 11 nitrogen and oxygen atoms in total.